The molecule has 0 radical (unpaired) electrons. The van der Waals surface area contributed by atoms with E-state index in [1.807, 2.05) is 38.1 Å². The van der Waals surface area contributed by atoms with E-state index in [4.69, 9.17) is 9.47 Å². The molecule has 0 aliphatic rings. The zero-order valence-electron chi connectivity index (χ0n) is 14.4. The fraction of sp³-hybridized carbons (Fsp3) is 0.300. The summed E-state index contributed by atoms with van der Waals surface area (Å²) in [5, 5.41) is 0. The van der Waals surface area contributed by atoms with E-state index in [0.717, 1.165) is 19.4 Å². The molecule has 0 bridgehead atoms. The highest BCUT2D eigenvalue weighted by atomic mass is 79.9. The molecule has 0 aliphatic carbocycles. The smallest absolute Gasteiger partial charge is 0.133 e. The summed E-state index contributed by atoms with van der Waals surface area (Å²) in [7, 11) is 0. The highest BCUT2D eigenvalue weighted by molar-refractivity contribution is 9.28. The lowest BCUT2D eigenvalue weighted by Gasteiger charge is -2.16. The number of benzene rings is 2. The van der Waals surface area contributed by atoms with Gasteiger partial charge in [0, 0.05) is 5.92 Å². The van der Waals surface area contributed by atoms with Crippen LogP contribution in [0.5, 0.6) is 11.5 Å². The molecule has 2 rings (SSSR count). The molecule has 25 heavy (non-hydrogen) atoms. The molecule has 0 spiro atoms. The van der Waals surface area contributed by atoms with E-state index in [2.05, 4.69) is 79.0 Å². The minimum absolute atomic E-state index is 0.187. The van der Waals surface area contributed by atoms with Crippen molar-refractivity contribution >= 4 is 47.8 Å². The largest absolute Gasteiger partial charge is 0.491 e. The molecular formula is C20H21Br3O2. The third kappa shape index (κ3) is 6.46. The van der Waals surface area contributed by atoms with Crippen molar-refractivity contribution in [2.45, 2.75) is 32.8 Å². The Morgan fingerprint density at radius 1 is 1.00 bits per heavy atom. The Bertz CT molecular complexity index is 720. The Kier molecular flexibility index (Phi) is 8.04. The summed E-state index contributed by atoms with van der Waals surface area (Å²) in [6.45, 7) is 6.76. The van der Waals surface area contributed by atoms with Crippen LogP contribution in [0.4, 0.5) is 0 Å². The zero-order chi connectivity index (χ0) is 18.4. The fourth-order valence-electron chi connectivity index (χ4n) is 2.40. The average Bonchev–Trinajstić information content (AvgIpc) is 2.55. The maximum Gasteiger partial charge on any atom is 0.133 e. The van der Waals surface area contributed by atoms with Gasteiger partial charge >= 0.3 is 0 Å². The van der Waals surface area contributed by atoms with Crippen molar-refractivity contribution in [2.75, 3.05) is 6.61 Å². The highest BCUT2D eigenvalue weighted by Gasteiger charge is 2.11. The van der Waals surface area contributed by atoms with Gasteiger partial charge in [-0.1, -0.05) is 25.1 Å². The number of hydrogen-bond donors (Lipinski definition) is 0. The standard InChI is InChI=1S/C20H21Br3O2/c1-13(2)25-17-7-4-15(5-8-17)14(3)16-6-9-19(18(21)12-16)24-11-10-20(22)23/h4-10,12-14H,11H2,1-3H3. The second kappa shape index (κ2) is 9.79. The molecule has 0 fully saturated rings. The molecule has 134 valence electrons. The third-order valence-electron chi connectivity index (χ3n) is 3.68. The SMILES string of the molecule is CC(C)Oc1ccc(C(C)c2ccc(OCC=C(Br)Br)c(Br)c2)cc1. The second-order valence-electron chi connectivity index (χ2n) is 5.95. The van der Waals surface area contributed by atoms with Crippen molar-refractivity contribution < 1.29 is 9.47 Å². The van der Waals surface area contributed by atoms with Crippen molar-refractivity contribution in [3.8, 4) is 11.5 Å². The molecule has 2 aromatic rings. The van der Waals surface area contributed by atoms with Crippen LogP contribution >= 0.6 is 47.8 Å². The van der Waals surface area contributed by atoms with E-state index < -0.39 is 0 Å². The van der Waals surface area contributed by atoms with Gasteiger partial charge in [0.1, 0.15) is 18.1 Å². The first kappa shape index (κ1) is 20.5. The van der Waals surface area contributed by atoms with Gasteiger partial charge in [-0.05, 0) is 103 Å². The molecule has 0 amide bonds. The minimum Gasteiger partial charge on any atom is -0.491 e. The van der Waals surface area contributed by atoms with Gasteiger partial charge in [-0.25, -0.2) is 0 Å². The van der Waals surface area contributed by atoms with Gasteiger partial charge in [-0.2, -0.15) is 0 Å². The van der Waals surface area contributed by atoms with Crippen LogP contribution in [0.25, 0.3) is 0 Å². The lowest BCUT2D eigenvalue weighted by molar-refractivity contribution is 0.242. The molecule has 2 nitrogen and oxygen atoms in total. The first-order chi connectivity index (χ1) is 11.9. The highest BCUT2D eigenvalue weighted by Crippen LogP contribution is 2.32. The van der Waals surface area contributed by atoms with Crippen LogP contribution in [0.2, 0.25) is 0 Å². The van der Waals surface area contributed by atoms with Crippen molar-refractivity contribution in [1.82, 2.24) is 0 Å². The maximum absolute atomic E-state index is 5.74. The summed E-state index contributed by atoms with van der Waals surface area (Å²) in [5.74, 6) is 2.02. The van der Waals surface area contributed by atoms with E-state index in [1.165, 1.54) is 11.1 Å². The van der Waals surface area contributed by atoms with E-state index in [9.17, 15) is 0 Å². The molecule has 0 aromatic heterocycles. The average molecular weight is 533 g/mol. The van der Waals surface area contributed by atoms with Crippen LogP contribution in [-0.4, -0.2) is 12.7 Å². The summed E-state index contributed by atoms with van der Waals surface area (Å²) in [4.78, 5) is 0. The Balaban J connectivity index is 2.10. The first-order valence-corrected chi connectivity index (χ1v) is 10.4. The minimum atomic E-state index is 0.187. The second-order valence-corrected chi connectivity index (χ2v) is 9.58. The van der Waals surface area contributed by atoms with Gasteiger partial charge in [0.25, 0.3) is 0 Å². The number of rotatable bonds is 7. The van der Waals surface area contributed by atoms with Crippen LogP contribution in [0, 0.1) is 0 Å². The van der Waals surface area contributed by atoms with Crippen LogP contribution < -0.4 is 9.47 Å². The Labute approximate surface area is 175 Å². The molecule has 0 aliphatic heterocycles. The lowest BCUT2D eigenvalue weighted by Crippen LogP contribution is -2.05. The predicted octanol–water partition coefficient (Wildman–Crippen LogP) is 7.40. The molecule has 0 heterocycles. The maximum atomic E-state index is 5.74. The quantitative estimate of drug-likeness (QED) is 0.370. The lowest BCUT2D eigenvalue weighted by atomic mass is 9.93. The summed E-state index contributed by atoms with van der Waals surface area (Å²) in [5.41, 5.74) is 2.48. The molecule has 1 atom stereocenters. The van der Waals surface area contributed by atoms with Crippen LogP contribution in [0.15, 0.2) is 56.4 Å². The van der Waals surface area contributed by atoms with E-state index in [1.54, 1.807) is 0 Å². The Morgan fingerprint density at radius 2 is 1.64 bits per heavy atom. The predicted molar refractivity (Wildman–Crippen MR) is 115 cm³/mol. The molecule has 5 heteroatoms. The van der Waals surface area contributed by atoms with Gasteiger partial charge in [0.15, 0.2) is 0 Å². The molecular weight excluding hydrogens is 512 g/mol. The first-order valence-electron chi connectivity index (χ1n) is 8.07. The van der Waals surface area contributed by atoms with Crippen molar-refractivity contribution in [1.29, 1.82) is 0 Å². The summed E-state index contributed by atoms with van der Waals surface area (Å²) in [6.07, 6.45) is 2.09. The monoisotopic (exact) mass is 530 g/mol. The molecule has 1 unspecified atom stereocenters. The zero-order valence-corrected chi connectivity index (χ0v) is 19.2. The molecule has 2 aromatic carbocycles. The summed E-state index contributed by atoms with van der Waals surface area (Å²) < 4.78 is 13.3. The van der Waals surface area contributed by atoms with Gasteiger partial charge < -0.3 is 9.47 Å². The van der Waals surface area contributed by atoms with Gasteiger partial charge in [0.2, 0.25) is 0 Å². The number of halogens is 3. The van der Waals surface area contributed by atoms with Crippen molar-refractivity contribution in [3.05, 3.63) is 67.5 Å². The Hall–Kier alpha value is -0.780. The Morgan fingerprint density at radius 3 is 2.20 bits per heavy atom. The fourth-order valence-corrected chi connectivity index (χ4v) is 3.17. The summed E-state index contributed by atoms with van der Waals surface area (Å²) >= 11 is 10.2. The number of ether oxygens (including phenoxy) is 2. The van der Waals surface area contributed by atoms with Crippen LogP contribution in [-0.2, 0) is 0 Å². The molecule has 0 saturated carbocycles. The number of hydrogen-bond acceptors (Lipinski definition) is 2. The van der Waals surface area contributed by atoms with E-state index in [-0.39, 0.29) is 12.0 Å². The molecule has 0 saturated heterocycles. The van der Waals surface area contributed by atoms with E-state index >= 15 is 0 Å². The van der Waals surface area contributed by atoms with Gasteiger partial charge in [0.05, 0.1) is 14.0 Å². The van der Waals surface area contributed by atoms with Crippen LogP contribution in [0.3, 0.4) is 0 Å². The molecule has 0 N–H and O–H groups in total. The normalized spacial score (nSPS) is 12.0. The van der Waals surface area contributed by atoms with Gasteiger partial charge in [-0.3, -0.25) is 0 Å². The van der Waals surface area contributed by atoms with Crippen LogP contribution in [0.1, 0.15) is 37.8 Å². The summed E-state index contributed by atoms with van der Waals surface area (Å²) in [6, 6.07) is 14.5. The third-order valence-corrected chi connectivity index (χ3v) is 4.95. The van der Waals surface area contributed by atoms with Crippen molar-refractivity contribution in [2.24, 2.45) is 0 Å². The van der Waals surface area contributed by atoms with E-state index in [0.29, 0.717) is 6.61 Å². The van der Waals surface area contributed by atoms with Crippen molar-refractivity contribution in [3.63, 3.8) is 0 Å². The van der Waals surface area contributed by atoms with Gasteiger partial charge in [-0.15, -0.1) is 0 Å². The topological polar surface area (TPSA) is 18.5 Å².